The van der Waals surface area contributed by atoms with Gasteiger partial charge in [0.2, 0.25) is 0 Å². The summed E-state index contributed by atoms with van der Waals surface area (Å²) in [7, 11) is 1.59. The van der Waals surface area contributed by atoms with E-state index in [1.807, 2.05) is 12.1 Å². The van der Waals surface area contributed by atoms with Crippen LogP contribution >= 0.6 is 23.2 Å². The molecule has 0 saturated carbocycles. The molecule has 0 radical (unpaired) electrons. The molecule has 0 amide bonds. The van der Waals surface area contributed by atoms with Gasteiger partial charge in [-0.3, -0.25) is 4.98 Å². The molecule has 4 heteroatoms. The summed E-state index contributed by atoms with van der Waals surface area (Å²) < 4.78 is 5.05. The zero-order valence-electron chi connectivity index (χ0n) is 6.68. The molecule has 0 aliphatic heterocycles. The van der Waals surface area contributed by atoms with Crippen LogP contribution in [0.15, 0.2) is 12.1 Å². The Balaban J connectivity index is 3.02. The Morgan fingerprint density at radius 3 is 2.58 bits per heavy atom. The molecule has 0 aliphatic rings. The van der Waals surface area contributed by atoms with E-state index in [-0.39, 0.29) is 0 Å². The molecule has 12 heavy (non-hydrogen) atoms. The molecule has 0 fully saturated rings. The van der Waals surface area contributed by atoms with Crippen molar-refractivity contribution in [3.63, 3.8) is 0 Å². The lowest BCUT2D eigenvalue weighted by Crippen LogP contribution is -1.95. The normalized spacial score (nSPS) is 9.92. The molecule has 1 aromatic heterocycles. The molecule has 0 unspecified atom stereocenters. The topological polar surface area (TPSA) is 22.1 Å². The summed E-state index contributed by atoms with van der Waals surface area (Å²) in [5.74, 6) is 1.45. The van der Waals surface area contributed by atoms with E-state index in [2.05, 4.69) is 4.98 Å². The number of rotatable bonds is 3. The quantitative estimate of drug-likeness (QED) is 0.709. The second-order valence-corrected chi connectivity index (χ2v) is 2.75. The Kier molecular flexibility index (Phi) is 3.63. The van der Waals surface area contributed by atoms with Crippen molar-refractivity contribution in [1.82, 2.24) is 4.98 Å². The van der Waals surface area contributed by atoms with Crippen LogP contribution in [0, 0.1) is 0 Å². The van der Waals surface area contributed by atoms with E-state index in [1.165, 1.54) is 0 Å². The van der Waals surface area contributed by atoms with Gasteiger partial charge >= 0.3 is 0 Å². The van der Waals surface area contributed by atoms with Crippen LogP contribution in [0.2, 0.25) is 0 Å². The molecule has 1 heterocycles. The molecule has 0 bridgehead atoms. The average molecular weight is 206 g/mol. The second kappa shape index (κ2) is 4.53. The third-order valence-electron chi connectivity index (χ3n) is 1.47. The molecule has 0 atom stereocenters. The minimum absolute atomic E-state index is 0.341. The highest BCUT2D eigenvalue weighted by atomic mass is 35.5. The summed E-state index contributed by atoms with van der Waals surface area (Å²) in [5, 5.41) is 0. The van der Waals surface area contributed by atoms with Gasteiger partial charge in [-0.1, -0.05) is 0 Å². The highest BCUT2D eigenvalue weighted by Crippen LogP contribution is 2.18. The number of aromatic nitrogens is 1. The van der Waals surface area contributed by atoms with Crippen molar-refractivity contribution in [2.75, 3.05) is 7.11 Å². The SMILES string of the molecule is COc1ccc(CCl)nc1CCl. The van der Waals surface area contributed by atoms with Gasteiger partial charge in [-0.15, -0.1) is 23.2 Å². The minimum atomic E-state index is 0.341. The molecule has 0 N–H and O–H groups in total. The van der Waals surface area contributed by atoms with Gasteiger partial charge in [-0.05, 0) is 12.1 Å². The highest BCUT2D eigenvalue weighted by molar-refractivity contribution is 6.17. The predicted octanol–water partition coefficient (Wildman–Crippen LogP) is 2.57. The van der Waals surface area contributed by atoms with Crippen molar-refractivity contribution in [3.05, 3.63) is 23.5 Å². The number of alkyl halides is 2. The van der Waals surface area contributed by atoms with Gasteiger partial charge < -0.3 is 4.74 Å². The molecule has 0 saturated heterocycles. The first-order valence-corrected chi connectivity index (χ1v) is 4.53. The van der Waals surface area contributed by atoms with Crippen LogP contribution in [-0.2, 0) is 11.8 Å². The first-order chi connectivity index (χ1) is 5.81. The lowest BCUT2D eigenvalue weighted by Gasteiger charge is -2.05. The molecule has 1 rings (SSSR count). The van der Waals surface area contributed by atoms with Gasteiger partial charge in [0.25, 0.3) is 0 Å². The van der Waals surface area contributed by atoms with Gasteiger partial charge in [-0.2, -0.15) is 0 Å². The summed E-state index contributed by atoms with van der Waals surface area (Å²) in [4.78, 5) is 4.19. The molecule has 0 aliphatic carbocycles. The lowest BCUT2D eigenvalue weighted by atomic mass is 10.3. The highest BCUT2D eigenvalue weighted by Gasteiger charge is 2.03. The largest absolute Gasteiger partial charge is 0.495 e. The maximum absolute atomic E-state index is 5.65. The summed E-state index contributed by atoms with van der Waals surface area (Å²) in [6.07, 6.45) is 0. The Bertz CT molecular complexity index is 265. The number of nitrogens with zero attached hydrogens (tertiary/aromatic N) is 1. The van der Waals surface area contributed by atoms with Crippen molar-refractivity contribution in [3.8, 4) is 5.75 Å². The Morgan fingerprint density at radius 2 is 2.08 bits per heavy atom. The molecular formula is C8H9Cl2NO. The van der Waals surface area contributed by atoms with E-state index in [0.717, 1.165) is 11.4 Å². The van der Waals surface area contributed by atoms with Crippen molar-refractivity contribution < 1.29 is 4.74 Å². The number of ether oxygens (including phenoxy) is 1. The van der Waals surface area contributed by atoms with Gasteiger partial charge in [-0.25, -0.2) is 0 Å². The first-order valence-electron chi connectivity index (χ1n) is 3.46. The molecule has 2 nitrogen and oxygen atoms in total. The summed E-state index contributed by atoms with van der Waals surface area (Å²) in [6.45, 7) is 0. The minimum Gasteiger partial charge on any atom is -0.495 e. The summed E-state index contributed by atoms with van der Waals surface area (Å²) >= 11 is 11.3. The smallest absolute Gasteiger partial charge is 0.141 e. The van der Waals surface area contributed by atoms with Crippen molar-refractivity contribution in [2.45, 2.75) is 11.8 Å². The monoisotopic (exact) mass is 205 g/mol. The van der Waals surface area contributed by atoms with Gasteiger partial charge in [0, 0.05) is 0 Å². The van der Waals surface area contributed by atoms with Gasteiger partial charge in [0.05, 0.1) is 30.3 Å². The third-order valence-corrected chi connectivity index (χ3v) is 2.00. The first kappa shape index (κ1) is 9.62. The Morgan fingerprint density at radius 1 is 1.33 bits per heavy atom. The fraction of sp³-hybridized carbons (Fsp3) is 0.375. The zero-order chi connectivity index (χ0) is 8.97. The number of hydrogen-bond donors (Lipinski definition) is 0. The van der Waals surface area contributed by atoms with E-state index < -0.39 is 0 Å². The number of halogens is 2. The van der Waals surface area contributed by atoms with Gasteiger partial charge in [0.15, 0.2) is 0 Å². The van der Waals surface area contributed by atoms with E-state index in [1.54, 1.807) is 7.11 Å². The standard InChI is InChI=1S/C8H9Cl2NO/c1-12-8-3-2-6(4-9)11-7(8)5-10/h2-3H,4-5H2,1H3. The number of hydrogen-bond acceptors (Lipinski definition) is 2. The Hall–Kier alpha value is -0.470. The number of pyridine rings is 1. The van der Waals surface area contributed by atoms with Crippen molar-refractivity contribution in [1.29, 1.82) is 0 Å². The van der Waals surface area contributed by atoms with Crippen LogP contribution < -0.4 is 4.74 Å². The number of methoxy groups -OCH3 is 1. The van der Waals surface area contributed by atoms with E-state index in [9.17, 15) is 0 Å². The van der Waals surface area contributed by atoms with E-state index in [0.29, 0.717) is 17.5 Å². The summed E-state index contributed by atoms with van der Waals surface area (Å²) in [6, 6.07) is 3.64. The Labute approximate surface area is 81.5 Å². The summed E-state index contributed by atoms with van der Waals surface area (Å²) in [5.41, 5.74) is 1.55. The fourth-order valence-corrected chi connectivity index (χ4v) is 1.23. The van der Waals surface area contributed by atoms with E-state index in [4.69, 9.17) is 27.9 Å². The zero-order valence-corrected chi connectivity index (χ0v) is 8.19. The van der Waals surface area contributed by atoms with Crippen molar-refractivity contribution >= 4 is 23.2 Å². The predicted molar refractivity (Wildman–Crippen MR) is 49.9 cm³/mol. The molecule has 0 aromatic carbocycles. The van der Waals surface area contributed by atoms with Crippen LogP contribution in [0.3, 0.4) is 0 Å². The van der Waals surface area contributed by atoms with E-state index >= 15 is 0 Å². The van der Waals surface area contributed by atoms with Crippen LogP contribution in [0.25, 0.3) is 0 Å². The lowest BCUT2D eigenvalue weighted by molar-refractivity contribution is 0.408. The van der Waals surface area contributed by atoms with Crippen LogP contribution in [0.1, 0.15) is 11.4 Å². The van der Waals surface area contributed by atoms with Crippen molar-refractivity contribution in [2.24, 2.45) is 0 Å². The maximum atomic E-state index is 5.65. The third kappa shape index (κ3) is 2.02. The van der Waals surface area contributed by atoms with Gasteiger partial charge in [0.1, 0.15) is 5.75 Å². The fourth-order valence-electron chi connectivity index (χ4n) is 0.890. The molecule has 1 aromatic rings. The average Bonchev–Trinajstić information content (AvgIpc) is 2.16. The second-order valence-electron chi connectivity index (χ2n) is 2.22. The van der Waals surface area contributed by atoms with Crippen LogP contribution in [0.5, 0.6) is 5.75 Å². The molecule has 66 valence electrons. The molecular weight excluding hydrogens is 197 g/mol. The van der Waals surface area contributed by atoms with Crippen LogP contribution in [-0.4, -0.2) is 12.1 Å². The molecule has 0 spiro atoms. The maximum Gasteiger partial charge on any atom is 0.141 e. The van der Waals surface area contributed by atoms with Crippen LogP contribution in [0.4, 0.5) is 0 Å².